The molecule has 0 spiro atoms. The number of likely N-dealkylation sites (N-methyl/N-ethyl adjacent to an activating group) is 1. The van der Waals surface area contributed by atoms with E-state index in [1.807, 2.05) is 0 Å². The number of hydrogen-bond acceptors (Lipinski definition) is 2. The van der Waals surface area contributed by atoms with Gasteiger partial charge in [-0.25, -0.2) is 0 Å². The molecule has 0 N–H and O–H groups in total. The Hall–Kier alpha value is -0.380. The van der Waals surface area contributed by atoms with Crippen molar-refractivity contribution in [1.82, 2.24) is 4.90 Å². The monoisotopic (exact) mass is 283 g/mol. The van der Waals surface area contributed by atoms with Crippen LogP contribution in [0, 0.1) is 0 Å². The molecule has 0 saturated carbocycles. The number of hydrogen-bond donors (Lipinski definition) is 0. The van der Waals surface area contributed by atoms with Crippen molar-refractivity contribution in [2.45, 2.75) is 25.5 Å². The molecule has 1 aliphatic rings. The second kappa shape index (κ2) is 5.80. The average molecular weight is 284 g/mol. The molecular formula is C13H18BrNO. The van der Waals surface area contributed by atoms with Gasteiger partial charge in [0.15, 0.2) is 0 Å². The lowest BCUT2D eigenvalue weighted by Gasteiger charge is -2.20. The van der Waals surface area contributed by atoms with Crippen molar-refractivity contribution in [1.29, 1.82) is 0 Å². The second-order valence-electron chi connectivity index (χ2n) is 4.46. The summed E-state index contributed by atoms with van der Waals surface area (Å²) in [5, 5.41) is 0. The second-order valence-corrected chi connectivity index (χ2v) is 5.37. The quantitative estimate of drug-likeness (QED) is 0.842. The number of ether oxygens (including phenoxy) is 1. The van der Waals surface area contributed by atoms with Gasteiger partial charge in [0.2, 0.25) is 0 Å². The number of rotatable bonds is 4. The van der Waals surface area contributed by atoms with Gasteiger partial charge >= 0.3 is 0 Å². The van der Waals surface area contributed by atoms with Gasteiger partial charge in [-0.2, -0.15) is 0 Å². The maximum absolute atomic E-state index is 5.63. The van der Waals surface area contributed by atoms with Gasteiger partial charge in [0.25, 0.3) is 0 Å². The van der Waals surface area contributed by atoms with Crippen LogP contribution in [0.4, 0.5) is 0 Å². The Kier molecular flexibility index (Phi) is 4.38. The standard InChI is InChI=1S/C13H18BrNO/c1-15(10-13-3-2-8-16-13)9-11-4-6-12(14)7-5-11/h4-7,13H,2-3,8-10H2,1H3. The maximum atomic E-state index is 5.63. The van der Waals surface area contributed by atoms with E-state index in [4.69, 9.17) is 4.74 Å². The fraction of sp³-hybridized carbons (Fsp3) is 0.538. The Morgan fingerprint density at radius 3 is 2.75 bits per heavy atom. The molecule has 1 aliphatic heterocycles. The minimum absolute atomic E-state index is 0.445. The van der Waals surface area contributed by atoms with Crippen LogP contribution in [0.5, 0.6) is 0 Å². The van der Waals surface area contributed by atoms with Crippen LogP contribution in [-0.2, 0) is 11.3 Å². The summed E-state index contributed by atoms with van der Waals surface area (Å²) in [5.74, 6) is 0. The zero-order valence-electron chi connectivity index (χ0n) is 9.66. The van der Waals surface area contributed by atoms with E-state index in [0.717, 1.165) is 24.2 Å². The Morgan fingerprint density at radius 2 is 2.12 bits per heavy atom. The van der Waals surface area contributed by atoms with Crippen LogP contribution in [0.1, 0.15) is 18.4 Å². The van der Waals surface area contributed by atoms with Gasteiger partial charge in [0, 0.05) is 24.2 Å². The van der Waals surface area contributed by atoms with Gasteiger partial charge < -0.3 is 4.74 Å². The summed E-state index contributed by atoms with van der Waals surface area (Å²) >= 11 is 3.45. The van der Waals surface area contributed by atoms with Crippen LogP contribution in [0.15, 0.2) is 28.7 Å². The first-order valence-corrected chi connectivity index (χ1v) is 6.58. The third-order valence-corrected chi connectivity index (χ3v) is 3.43. The van der Waals surface area contributed by atoms with E-state index in [-0.39, 0.29) is 0 Å². The minimum atomic E-state index is 0.445. The van der Waals surface area contributed by atoms with Crippen molar-refractivity contribution >= 4 is 15.9 Å². The number of nitrogens with zero attached hydrogens (tertiary/aromatic N) is 1. The van der Waals surface area contributed by atoms with Crippen molar-refractivity contribution in [3.63, 3.8) is 0 Å². The molecule has 1 fully saturated rings. The van der Waals surface area contributed by atoms with Gasteiger partial charge in [-0.1, -0.05) is 28.1 Å². The van der Waals surface area contributed by atoms with E-state index in [1.54, 1.807) is 0 Å². The fourth-order valence-corrected chi connectivity index (χ4v) is 2.37. The molecule has 2 nitrogen and oxygen atoms in total. The Labute approximate surface area is 106 Å². The SMILES string of the molecule is CN(Cc1ccc(Br)cc1)CC1CCCO1. The number of halogens is 1. The van der Waals surface area contributed by atoms with Crippen LogP contribution in [0.2, 0.25) is 0 Å². The van der Waals surface area contributed by atoms with Gasteiger partial charge in [-0.05, 0) is 37.6 Å². The van der Waals surface area contributed by atoms with Crippen LogP contribution in [0.25, 0.3) is 0 Å². The van der Waals surface area contributed by atoms with Gasteiger partial charge in [-0.15, -0.1) is 0 Å². The maximum Gasteiger partial charge on any atom is 0.0702 e. The fourth-order valence-electron chi connectivity index (χ4n) is 2.10. The smallest absolute Gasteiger partial charge is 0.0702 e. The van der Waals surface area contributed by atoms with Crippen LogP contribution >= 0.6 is 15.9 Å². The number of benzene rings is 1. The van der Waals surface area contributed by atoms with Crippen molar-refractivity contribution in [3.05, 3.63) is 34.3 Å². The molecule has 0 aromatic heterocycles. The summed E-state index contributed by atoms with van der Waals surface area (Å²) in [4.78, 5) is 2.33. The lowest BCUT2D eigenvalue weighted by atomic mass is 10.2. The highest BCUT2D eigenvalue weighted by Gasteiger charge is 2.17. The molecule has 88 valence electrons. The zero-order valence-corrected chi connectivity index (χ0v) is 11.2. The summed E-state index contributed by atoms with van der Waals surface area (Å²) in [6.45, 7) is 2.97. The predicted molar refractivity (Wildman–Crippen MR) is 69.5 cm³/mol. The molecule has 1 saturated heterocycles. The van der Waals surface area contributed by atoms with Gasteiger partial charge in [0.05, 0.1) is 6.10 Å². The Bertz CT molecular complexity index is 319. The molecule has 3 heteroatoms. The molecule has 16 heavy (non-hydrogen) atoms. The molecule has 1 aromatic carbocycles. The van der Waals surface area contributed by atoms with Gasteiger partial charge in [-0.3, -0.25) is 4.90 Å². The highest BCUT2D eigenvalue weighted by atomic mass is 79.9. The van der Waals surface area contributed by atoms with Crippen molar-refractivity contribution < 1.29 is 4.74 Å². The van der Waals surface area contributed by atoms with Crippen LogP contribution < -0.4 is 0 Å². The molecule has 1 heterocycles. The predicted octanol–water partition coefficient (Wildman–Crippen LogP) is 3.06. The van der Waals surface area contributed by atoms with Crippen molar-refractivity contribution in [2.75, 3.05) is 20.2 Å². The van der Waals surface area contributed by atoms with E-state index < -0.39 is 0 Å². The Balaban J connectivity index is 1.81. The summed E-state index contributed by atoms with van der Waals surface area (Å²) in [5.41, 5.74) is 1.35. The summed E-state index contributed by atoms with van der Waals surface area (Å²) in [6.07, 6.45) is 2.88. The van der Waals surface area contributed by atoms with E-state index in [2.05, 4.69) is 52.1 Å². The highest BCUT2D eigenvalue weighted by Crippen LogP contribution is 2.15. The first-order chi connectivity index (χ1) is 7.74. The average Bonchev–Trinajstić information content (AvgIpc) is 2.74. The van der Waals surface area contributed by atoms with E-state index >= 15 is 0 Å². The lowest BCUT2D eigenvalue weighted by Crippen LogP contribution is -2.28. The third kappa shape index (κ3) is 3.58. The lowest BCUT2D eigenvalue weighted by molar-refractivity contribution is 0.0793. The van der Waals surface area contributed by atoms with Crippen molar-refractivity contribution in [2.24, 2.45) is 0 Å². The first-order valence-electron chi connectivity index (χ1n) is 5.78. The van der Waals surface area contributed by atoms with E-state index in [1.165, 1.54) is 18.4 Å². The molecule has 0 bridgehead atoms. The molecular weight excluding hydrogens is 266 g/mol. The minimum Gasteiger partial charge on any atom is -0.377 e. The third-order valence-electron chi connectivity index (χ3n) is 2.91. The molecule has 0 radical (unpaired) electrons. The van der Waals surface area contributed by atoms with Crippen LogP contribution in [-0.4, -0.2) is 31.2 Å². The summed E-state index contributed by atoms with van der Waals surface area (Å²) in [7, 11) is 2.16. The topological polar surface area (TPSA) is 12.5 Å². The summed E-state index contributed by atoms with van der Waals surface area (Å²) in [6, 6.07) is 8.51. The summed E-state index contributed by atoms with van der Waals surface area (Å²) < 4.78 is 6.77. The zero-order chi connectivity index (χ0) is 11.4. The van der Waals surface area contributed by atoms with Gasteiger partial charge in [0.1, 0.15) is 0 Å². The largest absolute Gasteiger partial charge is 0.377 e. The molecule has 1 aromatic rings. The molecule has 1 atom stereocenters. The first kappa shape index (κ1) is 12.1. The molecule has 2 rings (SSSR count). The molecule has 1 unspecified atom stereocenters. The molecule has 0 aliphatic carbocycles. The highest BCUT2D eigenvalue weighted by molar-refractivity contribution is 9.10. The molecule has 0 amide bonds. The Morgan fingerprint density at radius 1 is 1.38 bits per heavy atom. The van der Waals surface area contributed by atoms with Crippen molar-refractivity contribution in [3.8, 4) is 0 Å². The van der Waals surface area contributed by atoms with E-state index in [9.17, 15) is 0 Å². The van der Waals surface area contributed by atoms with E-state index in [0.29, 0.717) is 6.10 Å². The normalized spacial score (nSPS) is 20.6. The van der Waals surface area contributed by atoms with Crippen LogP contribution in [0.3, 0.4) is 0 Å².